The van der Waals surface area contributed by atoms with Gasteiger partial charge in [-0.05, 0) is 35.4 Å². The average molecular weight is 355 g/mol. The molecule has 2 heterocycles. The Morgan fingerprint density at radius 2 is 2.15 bits per heavy atom. The molecule has 0 radical (unpaired) electrons. The maximum Gasteiger partial charge on any atom is 0.165 e. The quantitative estimate of drug-likeness (QED) is 0.720. The number of benzene rings is 2. The zero-order chi connectivity index (χ0) is 18.1. The van der Waals surface area contributed by atoms with Gasteiger partial charge in [0.2, 0.25) is 0 Å². The minimum Gasteiger partial charge on any atom is -0.494 e. The molecule has 0 saturated carbocycles. The molecular formula is C20H22FN3O2. The second-order valence-corrected chi connectivity index (χ2v) is 6.67. The fourth-order valence-corrected chi connectivity index (χ4v) is 3.46. The van der Waals surface area contributed by atoms with E-state index in [1.54, 1.807) is 12.1 Å². The average Bonchev–Trinajstić information content (AvgIpc) is 3.03. The van der Waals surface area contributed by atoms with Crippen LogP contribution in [0.15, 0.2) is 42.7 Å². The van der Waals surface area contributed by atoms with E-state index < -0.39 is 0 Å². The van der Waals surface area contributed by atoms with Gasteiger partial charge in [-0.1, -0.05) is 12.1 Å². The predicted molar refractivity (Wildman–Crippen MR) is 97.6 cm³/mol. The van der Waals surface area contributed by atoms with Crippen molar-refractivity contribution in [3.63, 3.8) is 0 Å². The Kier molecular flexibility index (Phi) is 4.61. The van der Waals surface area contributed by atoms with Gasteiger partial charge in [0.1, 0.15) is 0 Å². The van der Waals surface area contributed by atoms with Crippen LogP contribution in [0.1, 0.15) is 17.2 Å². The second-order valence-electron chi connectivity index (χ2n) is 6.67. The largest absolute Gasteiger partial charge is 0.494 e. The molecule has 0 amide bonds. The van der Waals surface area contributed by atoms with Crippen LogP contribution in [0.3, 0.4) is 0 Å². The third-order valence-corrected chi connectivity index (χ3v) is 4.89. The molecule has 0 spiro atoms. The zero-order valence-electron chi connectivity index (χ0n) is 15.0. The van der Waals surface area contributed by atoms with Crippen LogP contribution < -0.4 is 4.74 Å². The Morgan fingerprint density at radius 1 is 1.27 bits per heavy atom. The van der Waals surface area contributed by atoms with Crippen LogP contribution in [-0.2, 0) is 18.3 Å². The fraction of sp³-hybridized carbons (Fsp3) is 0.350. The molecular weight excluding hydrogens is 333 g/mol. The van der Waals surface area contributed by atoms with E-state index in [0.29, 0.717) is 13.2 Å². The number of rotatable bonds is 4. The van der Waals surface area contributed by atoms with Crippen molar-refractivity contribution in [1.82, 2.24) is 14.5 Å². The van der Waals surface area contributed by atoms with Crippen molar-refractivity contribution in [1.29, 1.82) is 0 Å². The summed E-state index contributed by atoms with van der Waals surface area (Å²) in [6, 6.07) is 11.4. The van der Waals surface area contributed by atoms with Gasteiger partial charge in [-0.3, -0.25) is 4.90 Å². The molecule has 5 nitrogen and oxygen atoms in total. The number of morpholine rings is 1. The predicted octanol–water partition coefficient (Wildman–Crippen LogP) is 3.29. The summed E-state index contributed by atoms with van der Waals surface area (Å²) in [5, 5.41) is 0. The molecule has 6 heteroatoms. The summed E-state index contributed by atoms with van der Waals surface area (Å²) in [5.74, 6) is -0.0467. The Labute approximate surface area is 152 Å². The number of aromatic nitrogens is 2. The molecule has 26 heavy (non-hydrogen) atoms. The first kappa shape index (κ1) is 17.0. The third kappa shape index (κ3) is 3.30. The van der Waals surface area contributed by atoms with Crippen molar-refractivity contribution in [2.75, 3.05) is 26.8 Å². The summed E-state index contributed by atoms with van der Waals surface area (Å²) in [7, 11) is 3.47. The summed E-state index contributed by atoms with van der Waals surface area (Å²) in [4.78, 5) is 6.66. The highest BCUT2D eigenvalue weighted by Gasteiger charge is 2.23. The van der Waals surface area contributed by atoms with Gasteiger partial charge in [-0.15, -0.1) is 0 Å². The lowest BCUT2D eigenvalue weighted by Gasteiger charge is -2.33. The SMILES string of the molecule is COc1ccc(CN2CCOC(c3ccc4ncn(C)c4c3)C2)cc1F. The molecule has 1 saturated heterocycles. The molecule has 1 aliphatic rings. The summed E-state index contributed by atoms with van der Waals surface area (Å²) < 4.78 is 26.9. The molecule has 1 aliphatic heterocycles. The molecule has 3 aromatic rings. The maximum absolute atomic E-state index is 13.9. The number of aryl methyl sites for hydroxylation is 1. The van der Waals surface area contributed by atoms with Crippen molar-refractivity contribution < 1.29 is 13.9 Å². The van der Waals surface area contributed by atoms with E-state index in [-0.39, 0.29) is 17.7 Å². The number of fused-ring (bicyclic) bond motifs is 1. The highest BCUT2D eigenvalue weighted by Crippen LogP contribution is 2.26. The van der Waals surface area contributed by atoms with E-state index in [1.807, 2.05) is 30.1 Å². The molecule has 136 valence electrons. The number of hydrogen-bond donors (Lipinski definition) is 0. The smallest absolute Gasteiger partial charge is 0.165 e. The van der Waals surface area contributed by atoms with Crippen LogP contribution >= 0.6 is 0 Å². The van der Waals surface area contributed by atoms with Crippen molar-refractivity contribution in [2.45, 2.75) is 12.6 Å². The Bertz CT molecular complexity index is 925. The normalized spacial score (nSPS) is 18.3. The molecule has 0 aliphatic carbocycles. The van der Waals surface area contributed by atoms with Crippen molar-refractivity contribution in [2.24, 2.45) is 7.05 Å². The maximum atomic E-state index is 13.9. The first-order valence-corrected chi connectivity index (χ1v) is 8.71. The summed E-state index contributed by atoms with van der Waals surface area (Å²) in [5.41, 5.74) is 4.16. The monoisotopic (exact) mass is 355 g/mol. The van der Waals surface area contributed by atoms with Crippen molar-refractivity contribution in [3.05, 3.63) is 59.7 Å². The number of hydrogen-bond acceptors (Lipinski definition) is 4. The molecule has 1 unspecified atom stereocenters. The van der Waals surface area contributed by atoms with E-state index in [2.05, 4.69) is 22.0 Å². The van der Waals surface area contributed by atoms with Crippen LogP contribution in [0.5, 0.6) is 5.75 Å². The first-order valence-electron chi connectivity index (χ1n) is 8.71. The highest BCUT2D eigenvalue weighted by atomic mass is 19.1. The number of methoxy groups -OCH3 is 1. The Hall–Kier alpha value is -2.44. The van der Waals surface area contributed by atoms with Gasteiger partial charge in [0.15, 0.2) is 11.6 Å². The van der Waals surface area contributed by atoms with Gasteiger partial charge in [0.25, 0.3) is 0 Å². The lowest BCUT2D eigenvalue weighted by atomic mass is 10.1. The van der Waals surface area contributed by atoms with E-state index in [1.165, 1.54) is 7.11 Å². The molecule has 4 rings (SSSR count). The number of halogens is 1. The van der Waals surface area contributed by atoms with Crippen LogP contribution in [0.25, 0.3) is 11.0 Å². The molecule has 2 aromatic carbocycles. The summed E-state index contributed by atoms with van der Waals surface area (Å²) >= 11 is 0. The topological polar surface area (TPSA) is 39.5 Å². The first-order chi connectivity index (χ1) is 12.6. The lowest BCUT2D eigenvalue weighted by molar-refractivity contribution is -0.0329. The Balaban J connectivity index is 1.49. The van der Waals surface area contributed by atoms with Gasteiger partial charge < -0.3 is 14.0 Å². The van der Waals surface area contributed by atoms with Crippen LogP contribution in [-0.4, -0.2) is 41.3 Å². The molecule has 0 bridgehead atoms. The van der Waals surface area contributed by atoms with Crippen LogP contribution in [0.4, 0.5) is 4.39 Å². The lowest BCUT2D eigenvalue weighted by Crippen LogP contribution is -2.37. The van der Waals surface area contributed by atoms with E-state index >= 15 is 0 Å². The van der Waals surface area contributed by atoms with E-state index in [9.17, 15) is 4.39 Å². The second kappa shape index (κ2) is 7.05. The van der Waals surface area contributed by atoms with Gasteiger partial charge in [-0.25, -0.2) is 9.37 Å². The highest BCUT2D eigenvalue weighted by molar-refractivity contribution is 5.76. The molecule has 1 atom stereocenters. The van der Waals surface area contributed by atoms with Gasteiger partial charge in [0.05, 0.1) is 37.2 Å². The van der Waals surface area contributed by atoms with Gasteiger partial charge in [0, 0.05) is 26.7 Å². The van der Waals surface area contributed by atoms with Gasteiger partial charge in [-0.2, -0.15) is 0 Å². The minimum absolute atomic E-state index is 0.00569. The summed E-state index contributed by atoms with van der Waals surface area (Å²) in [6.45, 7) is 2.95. The van der Waals surface area contributed by atoms with E-state index in [4.69, 9.17) is 9.47 Å². The van der Waals surface area contributed by atoms with Crippen LogP contribution in [0, 0.1) is 5.82 Å². The number of ether oxygens (including phenoxy) is 2. The molecule has 0 N–H and O–H groups in total. The number of nitrogens with zero attached hydrogens (tertiary/aromatic N) is 3. The van der Waals surface area contributed by atoms with Crippen molar-refractivity contribution in [3.8, 4) is 5.75 Å². The minimum atomic E-state index is -0.323. The van der Waals surface area contributed by atoms with Crippen molar-refractivity contribution >= 4 is 11.0 Å². The third-order valence-electron chi connectivity index (χ3n) is 4.89. The summed E-state index contributed by atoms with van der Waals surface area (Å²) in [6.07, 6.45) is 1.83. The molecule has 1 aromatic heterocycles. The van der Waals surface area contributed by atoms with Gasteiger partial charge >= 0.3 is 0 Å². The molecule has 1 fully saturated rings. The van der Waals surface area contributed by atoms with Crippen LogP contribution in [0.2, 0.25) is 0 Å². The fourth-order valence-electron chi connectivity index (χ4n) is 3.46. The zero-order valence-corrected chi connectivity index (χ0v) is 15.0. The standard InChI is InChI=1S/C20H22FN3O2/c1-23-13-22-17-5-4-15(10-18(17)23)20-12-24(7-8-26-20)11-14-3-6-19(25-2)16(21)9-14/h3-6,9-10,13,20H,7-8,11-12H2,1-2H3. The van der Waals surface area contributed by atoms with E-state index in [0.717, 1.165) is 35.2 Å². The Morgan fingerprint density at radius 3 is 2.96 bits per heavy atom. The number of imidazole rings is 1.